The lowest BCUT2D eigenvalue weighted by molar-refractivity contribution is -0.137. The van der Waals surface area contributed by atoms with Gasteiger partial charge in [-0.3, -0.25) is 0 Å². The van der Waals surface area contributed by atoms with E-state index in [0.29, 0.717) is 6.07 Å². The molecule has 0 amide bonds. The van der Waals surface area contributed by atoms with Crippen LogP contribution in [-0.2, 0) is 6.18 Å². The van der Waals surface area contributed by atoms with E-state index in [-0.39, 0.29) is 28.5 Å². The minimum atomic E-state index is -4.73. The molecular weight excluding hydrogens is 416 g/mol. The second kappa shape index (κ2) is 7.44. The molecule has 0 saturated heterocycles. The summed E-state index contributed by atoms with van der Waals surface area (Å²) in [6.07, 6.45) is -8.15. The van der Waals surface area contributed by atoms with Gasteiger partial charge in [0.15, 0.2) is 17.2 Å². The number of benzene rings is 1. The Balaban J connectivity index is 2.02. The lowest BCUT2D eigenvalue weighted by Crippen LogP contribution is -2.22. The largest absolute Gasteiger partial charge is 0.417 e. The van der Waals surface area contributed by atoms with Crippen molar-refractivity contribution in [3.8, 4) is 12.1 Å². The van der Waals surface area contributed by atoms with Gasteiger partial charge in [0.2, 0.25) is 0 Å². The Morgan fingerprint density at radius 2 is 1.77 bits per heavy atom. The first-order valence-electron chi connectivity index (χ1n) is 7.99. The van der Waals surface area contributed by atoms with Gasteiger partial charge in [-0.15, -0.1) is 5.10 Å². The highest BCUT2D eigenvalue weighted by Crippen LogP contribution is 2.33. The van der Waals surface area contributed by atoms with Crippen molar-refractivity contribution in [2.24, 2.45) is 0 Å². The number of hydrogen-bond acceptors (Lipinski definition) is 6. The zero-order chi connectivity index (χ0) is 22.1. The highest BCUT2D eigenvalue weighted by molar-refractivity contribution is 5.73. The zero-order valence-corrected chi connectivity index (χ0v) is 14.6. The van der Waals surface area contributed by atoms with Gasteiger partial charge in [-0.05, 0) is 18.2 Å². The fourth-order valence-electron chi connectivity index (χ4n) is 2.54. The molecule has 0 atom stereocenters. The summed E-state index contributed by atoms with van der Waals surface area (Å²) in [5, 5.41) is 26.9. The molecule has 1 aromatic carbocycles. The fraction of sp³-hybridized carbons (Fsp3) is 0.176. The van der Waals surface area contributed by atoms with Crippen molar-refractivity contribution in [2.45, 2.75) is 12.4 Å². The van der Waals surface area contributed by atoms with Crippen LogP contribution in [0.2, 0.25) is 0 Å². The number of aromatic nitrogens is 3. The van der Waals surface area contributed by atoms with E-state index >= 15 is 0 Å². The Morgan fingerprint density at radius 3 is 2.37 bits per heavy atom. The minimum absolute atomic E-state index is 0.0341. The second-order valence-electron chi connectivity index (χ2n) is 5.90. The average molecular weight is 425 g/mol. The van der Waals surface area contributed by atoms with Crippen LogP contribution in [0.15, 0.2) is 30.5 Å². The third kappa shape index (κ3) is 4.35. The van der Waals surface area contributed by atoms with E-state index in [4.69, 9.17) is 10.5 Å². The van der Waals surface area contributed by atoms with Crippen molar-refractivity contribution < 1.29 is 26.3 Å². The number of anilines is 3. The average Bonchev–Trinajstić information content (AvgIpc) is 3.07. The number of rotatable bonds is 4. The number of alkyl halides is 6. The molecule has 0 aliphatic carbocycles. The van der Waals surface area contributed by atoms with E-state index in [1.807, 2.05) is 0 Å². The van der Waals surface area contributed by atoms with Gasteiger partial charge in [-0.25, -0.2) is 4.98 Å². The van der Waals surface area contributed by atoms with Crippen molar-refractivity contribution >= 4 is 22.8 Å². The summed E-state index contributed by atoms with van der Waals surface area (Å²) in [5.74, 6) is -0.0923. The maximum Gasteiger partial charge on any atom is 0.417 e. The van der Waals surface area contributed by atoms with E-state index in [9.17, 15) is 26.3 Å². The smallest absolute Gasteiger partial charge is 0.373 e. The number of fused-ring (bicyclic) bond motifs is 1. The van der Waals surface area contributed by atoms with Crippen LogP contribution in [0.4, 0.5) is 43.5 Å². The molecule has 3 aromatic rings. The Morgan fingerprint density at radius 1 is 1.03 bits per heavy atom. The predicted octanol–water partition coefficient (Wildman–Crippen LogP) is 4.21. The summed E-state index contributed by atoms with van der Waals surface area (Å²) in [6.45, 7) is -1.39. The lowest BCUT2D eigenvalue weighted by Gasteiger charge is -2.14. The Labute approximate surface area is 164 Å². The fourth-order valence-corrected chi connectivity index (χ4v) is 2.54. The highest BCUT2D eigenvalue weighted by atomic mass is 19.4. The van der Waals surface area contributed by atoms with Crippen LogP contribution >= 0.6 is 0 Å². The van der Waals surface area contributed by atoms with Gasteiger partial charge in [0, 0.05) is 11.8 Å². The van der Waals surface area contributed by atoms with Crippen LogP contribution in [0.5, 0.6) is 0 Å². The zero-order valence-electron chi connectivity index (χ0n) is 14.6. The maximum atomic E-state index is 12.9. The predicted molar refractivity (Wildman–Crippen MR) is 91.7 cm³/mol. The molecule has 13 heteroatoms. The van der Waals surface area contributed by atoms with Crippen molar-refractivity contribution in [3.63, 3.8) is 0 Å². The van der Waals surface area contributed by atoms with Crippen LogP contribution in [-0.4, -0.2) is 27.3 Å². The van der Waals surface area contributed by atoms with Gasteiger partial charge in [-0.1, -0.05) is 0 Å². The normalized spacial score (nSPS) is 11.7. The molecule has 0 spiro atoms. The molecule has 0 aliphatic heterocycles. The first-order chi connectivity index (χ1) is 14.0. The first kappa shape index (κ1) is 20.7. The molecule has 3 rings (SSSR count). The van der Waals surface area contributed by atoms with Crippen LogP contribution in [0, 0.1) is 22.7 Å². The number of nitriles is 2. The van der Waals surface area contributed by atoms with E-state index in [0.717, 1.165) is 28.9 Å². The van der Waals surface area contributed by atoms with Gasteiger partial charge < -0.3 is 10.6 Å². The summed E-state index contributed by atoms with van der Waals surface area (Å²) in [5.41, 5.74) is -1.98. The summed E-state index contributed by atoms with van der Waals surface area (Å²) in [4.78, 5) is 3.86. The van der Waals surface area contributed by atoms with Gasteiger partial charge in [0.25, 0.3) is 0 Å². The minimum Gasteiger partial charge on any atom is -0.373 e. The number of nitrogens with one attached hydrogen (secondary N) is 2. The third-order valence-electron chi connectivity index (χ3n) is 3.78. The van der Waals surface area contributed by atoms with E-state index in [1.165, 1.54) is 6.07 Å². The molecule has 154 valence electrons. The third-order valence-corrected chi connectivity index (χ3v) is 3.78. The van der Waals surface area contributed by atoms with Crippen molar-refractivity contribution in [1.29, 1.82) is 10.5 Å². The molecule has 2 N–H and O–H groups in total. The van der Waals surface area contributed by atoms with E-state index < -0.39 is 30.0 Å². The Bertz CT molecular complexity index is 1180. The topological polar surface area (TPSA) is 102 Å². The standard InChI is InChI=1S/C17H9F6N7/c18-16(19,20)8-27-13-4-14(29-30-11(6-25)7-26-15(13)30)28-10-1-2-12(17(21,22)23)9(3-10)5-24/h1-4,7,27H,8H2,(H,28,29). The SMILES string of the molecule is N#Cc1cc(Nc2cc(NCC(F)(F)F)c3ncc(C#N)n3n2)ccc1C(F)(F)F. The van der Waals surface area contributed by atoms with Gasteiger partial charge in [0.1, 0.15) is 12.6 Å². The maximum absolute atomic E-state index is 12.9. The molecule has 30 heavy (non-hydrogen) atoms. The van der Waals surface area contributed by atoms with Gasteiger partial charge in [-0.2, -0.15) is 41.4 Å². The van der Waals surface area contributed by atoms with Crippen LogP contribution in [0.3, 0.4) is 0 Å². The summed E-state index contributed by atoms with van der Waals surface area (Å²) in [6, 6.07) is 7.03. The molecule has 7 nitrogen and oxygen atoms in total. The Kier molecular flexibility index (Phi) is 5.14. The molecule has 0 radical (unpaired) electrons. The number of nitrogens with zero attached hydrogens (tertiary/aromatic N) is 5. The highest BCUT2D eigenvalue weighted by Gasteiger charge is 2.33. The van der Waals surface area contributed by atoms with Crippen molar-refractivity contribution in [1.82, 2.24) is 14.6 Å². The molecule has 0 bridgehead atoms. The number of imidazole rings is 1. The van der Waals surface area contributed by atoms with E-state index in [1.54, 1.807) is 6.07 Å². The quantitative estimate of drug-likeness (QED) is 0.608. The summed E-state index contributed by atoms with van der Waals surface area (Å²) >= 11 is 0. The lowest BCUT2D eigenvalue weighted by atomic mass is 10.1. The van der Waals surface area contributed by atoms with Gasteiger partial charge in [0.05, 0.1) is 29.1 Å². The molecular formula is C17H9F6N7. The van der Waals surface area contributed by atoms with Crippen molar-refractivity contribution in [3.05, 3.63) is 47.3 Å². The van der Waals surface area contributed by atoms with Crippen LogP contribution in [0.1, 0.15) is 16.8 Å². The molecule has 2 aromatic heterocycles. The number of hydrogen-bond donors (Lipinski definition) is 2. The molecule has 0 saturated carbocycles. The van der Waals surface area contributed by atoms with Crippen molar-refractivity contribution in [2.75, 3.05) is 17.2 Å². The second-order valence-corrected chi connectivity index (χ2v) is 5.90. The first-order valence-corrected chi connectivity index (χ1v) is 7.99. The van der Waals surface area contributed by atoms with Crippen LogP contribution in [0.25, 0.3) is 5.65 Å². The molecule has 0 fully saturated rings. The van der Waals surface area contributed by atoms with Gasteiger partial charge >= 0.3 is 12.4 Å². The molecule has 2 heterocycles. The summed E-state index contributed by atoms with van der Waals surface area (Å²) in [7, 11) is 0. The number of halogens is 6. The Hall–Kier alpha value is -4.00. The monoisotopic (exact) mass is 425 g/mol. The molecule has 0 unspecified atom stereocenters. The molecule has 0 aliphatic rings. The van der Waals surface area contributed by atoms with Crippen LogP contribution < -0.4 is 10.6 Å². The van der Waals surface area contributed by atoms with E-state index in [2.05, 4.69) is 20.7 Å². The summed E-state index contributed by atoms with van der Waals surface area (Å²) < 4.78 is 77.5.